The van der Waals surface area contributed by atoms with Gasteiger partial charge in [0.15, 0.2) is 12.2 Å². The van der Waals surface area contributed by atoms with Crippen LogP contribution in [0.25, 0.3) is 0 Å². The summed E-state index contributed by atoms with van der Waals surface area (Å²) in [7, 11) is 0. The van der Waals surface area contributed by atoms with Crippen molar-refractivity contribution in [3.05, 3.63) is 35.9 Å². The fourth-order valence-corrected chi connectivity index (χ4v) is 3.11. The van der Waals surface area contributed by atoms with Gasteiger partial charge in [-0.05, 0) is 5.56 Å². The second kappa shape index (κ2) is 11.4. The summed E-state index contributed by atoms with van der Waals surface area (Å²) in [5, 5.41) is 0. The van der Waals surface area contributed by atoms with Crippen LogP contribution in [0.2, 0.25) is 0 Å². The quantitative estimate of drug-likeness (QED) is 0.433. The molecule has 1 fully saturated rings. The molecule has 1 aromatic carbocycles. The molecule has 0 aliphatic carbocycles. The third-order valence-electron chi connectivity index (χ3n) is 4.17. The maximum absolute atomic E-state index is 11.7. The first-order valence-corrected chi connectivity index (χ1v) is 9.63. The molecular weight excluding hydrogens is 412 g/mol. The molecule has 1 aromatic rings. The van der Waals surface area contributed by atoms with E-state index in [9.17, 15) is 19.2 Å². The van der Waals surface area contributed by atoms with Crippen molar-refractivity contribution in [3.8, 4) is 0 Å². The van der Waals surface area contributed by atoms with Crippen LogP contribution >= 0.6 is 0 Å². The van der Waals surface area contributed by atoms with Crippen LogP contribution in [-0.2, 0) is 54.2 Å². The Morgan fingerprint density at radius 2 is 1.26 bits per heavy atom. The average molecular weight is 438 g/mol. The predicted octanol–water partition coefficient (Wildman–Crippen LogP) is 1.29. The lowest BCUT2D eigenvalue weighted by Crippen LogP contribution is -2.63. The Bertz CT molecular complexity index is 778. The Labute approximate surface area is 179 Å². The first kappa shape index (κ1) is 24.3. The number of rotatable bonds is 8. The van der Waals surface area contributed by atoms with Gasteiger partial charge in [-0.3, -0.25) is 19.2 Å². The summed E-state index contributed by atoms with van der Waals surface area (Å²) in [6.07, 6.45) is -6.18. The van der Waals surface area contributed by atoms with E-state index in [0.29, 0.717) is 0 Å². The Morgan fingerprint density at radius 1 is 0.742 bits per heavy atom. The lowest BCUT2D eigenvalue weighted by Gasteiger charge is -2.43. The van der Waals surface area contributed by atoms with Gasteiger partial charge in [0.05, 0.1) is 13.2 Å². The maximum Gasteiger partial charge on any atom is 0.305 e. The van der Waals surface area contributed by atoms with E-state index in [4.69, 9.17) is 28.4 Å². The Balaban J connectivity index is 2.28. The second-order valence-electron chi connectivity index (χ2n) is 6.88. The number of hydrogen-bond donors (Lipinski definition) is 0. The largest absolute Gasteiger partial charge is 0.456 e. The highest BCUT2D eigenvalue weighted by Crippen LogP contribution is 2.30. The zero-order valence-corrected chi connectivity index (χ0v) is 17.8. The SMILES string of the molecule is CC(=O)OC1O[C@@H](COCc2ccccc2)[C@H](OC(C)=O)[C@@H](OC(C)=O)[C@H]1OC(C)=O. The van der Waals surface area contributed by atoms with Crippen molar-refractivity contribution >= 4 is 23.9 Å². The molecule has 1 saturated heterocycles. The van der Waals surface area contributed by atoms with E-state index in [1.54, 1.807) is 0 Å². The van der Waals surface area contributed by atoms with Crippen molar-refractivity contribution < 1.29 is 47.6 Å². The summed E-state index contributed by atoms with van der Waals surface area (Å²) in [6, 6.07) is 9.31. The van der Waals surface area contributed by atoms with Gasteiger partial charge in [0, 0.05) is 27.7 Å². The van der Waals surface area contributed by atoms with E-state index in [2.05, 4.69) is 0 Å². The third kappa shape index (κ3) is 7.65. The van der Waals surface area contributed by atoms with Crippen LogP contribution in [0.15, 0.2) is 30.3 Å². The Kier molecular flexibility index (Phi) is 8.95. The first-order chi connectivity index (χ1) is 14.7. The summed E-state index contributed by atoms with van der Waals surface area (Å²) < 4.78 is 32.4. The highest BCUT2D eigenvalue weighted by Gasteiger charge is 2.53. The van der Waals surface area contributed by atoms with Crippen LogP contribution in [0.4, 0.5) is 0 Å². The van der Waals surface area contributed by atoms with Gasteiger partial charge in [0.25, 0.3) is 0 Å². The minimum absolute atomic E-state index is 0.0881. The zero-order chi connectivity index (χ0) is 23.0. The molecule has 170 valence electrons. The zero-order valence-electron chi connectivity index (χ0n) is 17.8. The van der Waals surface area contributed by atoms with Crippen LogP contribution in [0.1, 0.15) is 33.3 Å². The molecule has 5 atom stereocenters. The molecule has 1 heterocycles. The molecule has 10 nitrogen and oxygen atoms in total. The standard InChI is InChI=1S/C21H26O10/c1-12(22)27-18-17(11-26-10-16-8-6-5-7-9-16)31-21(30-15(4)25)20(29-14(3)24)19(18)28-13(2)23/h5-9,17-21H,10-11H2,1-4H3/t17-,18-,19+,20+,21?/m0/s1. The number of hydrogen-bond acceptors (Lipinski definition) is 10. The maximum atomic E-state index is 11.7. The van der Waals surface area contributed by atoms with Gasteiger partial charge in [-0.2, -0.15) is 0 Å². The highest BCUT2D eigenvalue weighted by atomic mass is 16.7. The van der Waals surface area contributed by atoms with Crippen LogP contribution in [-0.4, -0.2) is 61.2 Å². The lowest BCUT2D eigenvalue weighted by molar-refractivity contribution is -0.301. The van der Waals surface area contributed by atoms with E-state index in [0.717, 1.165) is 26.3 Å². The molecule has 0 amide bonds. The highest BCUT2D eigenvalue weighted by molar-refractivity contribution is 5.69. The minimum atomic E-state index is -1.40. The van der Waals surface area contributed by atoms with Gasteiger partial charge in [-0.15, -0.1) is 0 Å². The number of carbonyl (C=O) groups is 4. The molecule has 0 spiro atoms. The predicted molar refractivity (Wildman–Crippen MR) is 103 cm³/mol. The monoisotopic (exact) mass is 438 g/mol. The van der Waals surface area contributed by atoms with Crippen LogP contribution in [0, 0.1) is 0 Å². The molecule has 1 aliphatic heterocycles. The van der Waals surface area contributed by atoms with E-state index in [1.807, 2.05) is 30.3 Å². The number of carbonyl (C=O) groups excluding carboxylic acids is 4. The van der Waals surface area contributed by atoms with Gasteiger partial charge >= 0.3 is 23.9 Å². The number of benzene rings is 1. The van der Waals surface area contributed by atoms with E-state index < -0.39 is 54.6 Å². The molecule has 10 heteroatoms. The van der Waals surface area contributed by atoms with Crippen molar-refractivity contribution in [2.45, 2.75) is 65.0 Å². The van der Waals surface area contributed by atoms with Gasteiger partial charge in [-0.1, -0.05) is 30.3 Å². The summed E-state index contributed by atoms with van der Waals surface area (Å²) in [5.74, 6) is -2.83. The second-order valence-corrected chi connectivity index (χ2v) is 6.88. The number of esters is 4. The van der Waals surface area contributed by atoms with E-state index in [-0.39, 0.29) is 13.2 Å². The van der Waals surface area contributed by atoms with Crippen LogP contribution in [0.3, 0.4) is 0 Å². The fourth-order valence-electron chi connectivity index (χ4n) is 3.11. The fraction of sp³-hybridized carbons (Fsp3) is 0.524. The van der Waals surface area contributed by atoms with Crippen molar-refractivity contribution in [1.82, 2.24) is 0 Å². The van der Waals surface area contributed by atoms with Crippen molar-refractivity contribution in [2.75, 3.05) is 6.61 Å². The van der Waals surface area contributed by atoms with Gasteiger partial charge in [-0.25, -0.2) is 0 Å². The normalized spacial score (nSPS) is 25.2. The van der Waals surface area contributed by atoms with Crippen molar-refractivity contribution in [1.29, 1.82) is 0 Å². The van der Waals surface area contributed by atoms with Crippen molar-refractivity contribution in [2.24, 2.45) is 0 Å². The topological polar surface area (TPSA) is 124 Å². The summed E-state index contributed by atoms with van der Waals surface area (Å²) in [6.45, 7) is 4.74. The van der Waals surface area contributed by atoms with Crippen LogP contribution in [0.5, 0.6) is 0 Å². The van der Waals surface area contributed by atoms with Gasteiger partial charge < -0.3 is 28.4 Å². The molecule has 0 N–H and O–H groups in total. The molecule has 0 bridgehead atoms. The van der Waals surface area contributed by atoms with E-state index >= 15 is 0 Å². The Morgan fingerprint density at radius 3 is 1.81 bits per heavy atom. The Hall–Kier alpha value is -2.98. The van der Waals surface area contributed by atoms with Gasteiger partial charge in [0.2, 0.25) is 12.4 Å². The van der Waals surface area contributed by atoms with Gasteiger partial charge in [0.1, 0.15) is 6.10 Å². The summed E-state index contributed by atoms with van der Waals surface area (Å²) >= 11 is 0. The average Bonchev–Trinajstić information content (AvgIpc) is 2.66. The summed E-state index contributed by atoms with van der Waals surface area (Å²) in [5.41, 5.74) is 0.896. The molecule has 2 rings (SSSR count). The molecular formula is C21H26O10. The molecule has 1 unspecified atom stereocenters. The smallest absolute Gasteiger partial charge is 0.305 e. The van der Waals surface area contributed by atoms with Crippen molar-refractivity contribution in [3.63, 3.8) is 0 Å². The molecule has 1 aliphatic rings. The minimum Gasteiger partial charge on any atom is -0.456 e. The molecule has 0 saturated carbocycles. The molecule has 0 radical (unpaired) electrons. The molecule has 0 aromatic heterocycles. The third-order valence-corrected chi connectivity index (χ3v) is 4.17. The van der Waals surface area contributed by atoms with E-state index in [1.165, 1.54) is 6.92 Å². The molecule has 31 heavy (non-hydrogen) atoms. The summed E-state index contributed by atoms with van der Waals surface area (Å²) in [4.78, 5) is 46.6. The van der Waals surface area contributed by atoms with Crippen LogP contribution < -0.4 is 0 Å². The number of ether oxygens (including phenoxy) is 6. The first-order valence-electron chi connectivity index (χ1n) is 9.63. The lowest BCUT2D eigenvalue weighted by atomic mass is 9.98.